The molecule has 0 radical (unpaired) electrons. The van der Waals surface area contributed by atoms with E-state index in [1.807, 2.05) is 11.8 Å². The highest BCUT2D eigenvalue weighted by atomic mass is 35.5. The van der Waals surface area contributed by atoms with Gasteiger partial charge in [-0.1, -0.05) is 23.2 Å². The number of amides is 2. The Morgan fingerprint density at radius 2 is 1.83 bits per heavy atom. The third-order valence-corrected chi connectivity index (χ3v) is 5.22. The molecular formula is C17H21Cl2N3O2. The molecule has 1 saturated carbocycles. The van der Waals surface area contributed by atoms with E-state index in [9.17, 15) is 9.59 Å². The highest BCUT2D eigenvalue weighted by molar-refractivity contribution is 6.36. The van der Waals surface area contributed by atoms with E-state index in [0.29, 0.717) is 41.9 Å². The third kappa shape index (κ3) is 4.02. The Bertz CT molecular complexity index is 641. The van der Waals surface area contributed by atoms with Gasteiger partial charge in [0.1, 0.15) is 0 Å². The Morgan fingerprint density at radius 1 is 1.17 bits per heavy atom. The summed E-state index contributed by atoms with van der Waals surface area (Å²) in [5, 5.41) is 3.79. The topological polar surface area (TPSA) is 52.7 Å². The van der Waals surface area contributed by atoms with Gasteiger partial charge in [-0.3, -0.25) is 14.5 Å². The molecule has 1 atom stereocenters. The second-order valence-corrected chi connectivity index (χ2v) is 7.27. The van der Waals surface area contributed by atoms with Crippen LogP contribution in [0.5, 0.6) is 0 Å². The maximum absolute atomic E-state index is 12.5. The molecule has 7 heteroatoms. The highest BCUT2D eigenvalue weighted by Gasteiger charge is 2.35. The van der Waals surface area contributed by atoms with Crippen LogP contribution in [0.1, 0.15) is 19.8 Å². The van der Waals surface area contributed by atoms with Gasteiger partial charge in [0.25, 0.3) is 0 Å². The number of rotatable bonds is 4. The SMILES string of the molecule is CC(C(=O)Nc1ccc(Cl)cc1Cl)N1CCN(C(=O)C2CC2)CC1. The van der Waals surface area contributed by atoms with E-state index in [0.717, 1.165) is 12.8 Å². The molecule has 1 saturated heterocycles. The highest BCUT2D eigenvalue weighted by Crippen LogP contribution is 2.31. The number of benzene rings is 1. The van der Waals surface area contributed by atoms with Gasteiger partial charge in [-0.05, 0) is 38.0 Å². The van der Waals surface area contributed by atoms with Crippen molar-refractivity contribution in [2.24, 2.45) is 5.92 Å². The van der Waals surface area contributed by atoms with Crippen molar-refractivity contribution in [2.45, 2.75) is 25.8 Å². The van der Waals surface area contributed by atoms with Gasteiger partial charge in [0.05, 0.1) is 16.8 Å². The zero-order valence-corrected chi connectivity index (χ0v) is 15.1. The normalized spacial score (nSPS) is 19.9. The second kappa shape index (κ2) is 7.30. The van der Waals surface area contributed by atoms with Crippen LogP contribution in [0.2, 0.25) is 10.0 Å². The summed E-state index contributed by atoms with van der Waals surface area (Å²) in [6.07, 6.45) is 2.05. The van der Waals surface area contributed by atoms with Crippen LogP contribution in [0.25, 0.3) is 0 Å². The fraction of sp³-hybridized carbons (Fsp3) is 0.529. The molecule has 0 spiro atoms. The van der Waals surface area contributed by atoms with Gasteiger partial charge in [-0.15, -0.1) is 0 Å². The minimum atomic E-state index is -0.282. The van der Waals surface area contributed by atoms with Crippen molar-refractivity contribution in [1.29, 1.82) is 0 Å². The molecule has 1 unspecified atom stereocenters. The Balaban J connectivity index is 1.53. The summed E-state index contributed by atoms with van der Waals surface area (Å²) < 4.78 is 0. The Labute approximate surface area is 151 Å². The molecule has 1 aliphatic carbocycles. The van der Waals surface area contributed by atoms with E-state index >= 15 is 0 Å². The number of carbonyl (C=O) groups excluding carboxylic acids is 2. The van der Waals surface area contributed by atoms with Gasteiger partial charge in [0, 0.05) is 37.1 Å². The first-order valence-electron chi connectivity index (χ1n) is 8.24. The molecule has 24 heavy (non-hydrogen) atoms. The lowest BCUT2D eigenvalue weighted by Gasteiger charge is -2.37. The van der Waals surface area contributed by atoms with Crippen LogP contribution in [-0.4, -0.2) is 53.8 Å². The molecule has 1 heterocycles. The van der Waals surface area contributed by atoms with E-state index in [1.54, 1.807) is 18.2 Å². The van der Waals surface area contributed by atoms with Crippen molar-refractivity contribution < 1.29 is 9.59 Å². The summed E-state index contributed by atoms with van der Waals surface area (Å²) in [6.45, 7) is 4.67. The van der Waals surface area contributed by atoms with Crippen LogP contribution in [0, 0.1) is 5.92 Å². The van der Waals surface area contributed by atoms with Crippen LogP contribution < -0.4 is 5.32 Å². The standard InChI is InChI=1S/C17H21Cl2N3O2/c1-11(16(23)20-15-5-4-13(18)10-14(15)19)21-6-8-22(9-7-21)17(24)12-2-3-12/h4-5,10-12H,2-3,6-9H2,1H3,(H,20,23). The number of nitrogens with one attached hydrogen (secondary N) is 1. The van der Waals surface area contributed by atoms with Gasteiger partial charge < -0.3 is 10.2 Å². The number of hydrogen-bond acceptors (Lipinski definition) is 3. The molecule has 130 valence electrons. The van der Waals surface area contributed by atoms with Crippen LogP contribution >= 0.6 is 23.2 Å². The molecular weight excluding hydrogens is 349 g/mol. The molecule has 0 bridgehead atoms. The first kappa shape index (κ1) is 17.5. The van der Waals surface area contributed by atoms with E-state index in [4.69, 9.17) is 23.2 Å². The van der Waals surface area contributed by atoms with E-state index in [-0.39, 0.29) is 23.8 Å². The second-order valence-electron chi connectivity index (χ2n) is 6.42. The number of piperazine rings is 1. The molecule has 2 fully saturated rings. The zero-order chi connectivity index (χ0) is 17.3. The van der Waals surface area contributed by atoms with Gasteiger partial charge in [-0.2, -0.15) is 0 Å². The van der Waals surface area contributed by atoms with Crippen LogP contribution in [0.3, 0.4) is 0 Å². The van der Waals surface area contributed by atoms with Crippen molar-refractivity contribution in [2.75, 3.05) is 31.5 Å². The average molecular weight is 370 g/mol. The number of hydrogen-bond donors (Lipinski definition) is 1. The molecule has 2 aliphatic rings. The maximum atomic E-state index is 12.5. The number of halogens is 2. The number of carbonyl (C=O) groups is 2. The van der Waals surface area contributed by atoms with Gasteiger partial charge in [-0.25, -0.2) is 0 Å². The van der Waals surface area contributed by atoms with Crippen LogP contribution in [-0.2, 0) is 9.59 Å². The third-order valence-electron chi connectivity index (χ3n) is 4.67. The molecule has 1 aromatic rings. The molecule has 1 N–H and O–H groups in total. The van der Waals surface area contributed by atoms with Crippen molar-refractivity contribution in [3.63, 3.8) is 0 Å². The summed E-state index contributed by atoms with van der Waals surface area (Å²) in [5.41, 5.74) is 0.556. The molecule has 0 aromatic heterocycles. The summed E-state index contributed by atoms with van der Waals surface area (Å²) in [5.74, 6) is 0.421. The van der Waals surface area contributed by atoms with E-state index in [1.165, 1.54) is 0 Å². The first-order chi connectivity index (χ1) is 11.5. The monoisotopic (exact) mass is 369 g/mol. The van der Waals surface area contributed by atoms with E-state index < -0.39 is 0 Å². The predicted octanol–water partition coefficient (Wildman–Crippen LogP) is 2.87. The van der Waals surface area contributed by atoms with E-state index in [2.05, 4.69) is 10.2 Å². The minimum Gasteiger partial charge on any atom is -0.340 e. The lowest BCUT2D eigenvalue weighted by molar-refractivity contribution is -0.135. The van der Waals surface area contributed by atoms with Crippen molar-refractivity contribution in [1.82, 2.24) is 9.80 Å². The summed E-state index contributed by atoms with van der Waals surface area (Å²) >= 11 is 12.0. The van der Waals surface area contributed by atoms with Crippen molar-refractivity contribution in [3.05, 3.63) is 28.2 Å². The maximum Gasteiger partial charge on any atom is 0.241 e. The zero-order valence-electron chi connectivity index (χ0n) is 13.6. The Kier molecular flexibility index (Phi) is 5.33. The molecule has 5 nitrogen and oxygen atoms in total. The fourth-order valence-electron chi connectivity index (χ4n) is 2.91. The van der Waals surface area contributed by atoms with Crippen LogP contribution in [0.4, 0.5) is 5.69 Å². The van der Waals surface area contributed by atoms with Crippen molar-refractivity contribution >= 4 is 40.7 Å². The largest absolute Gasteiger partial charge is 0.340 e. The van der Waals surface area contributed by atoms with Crippen LogP contribution in [0.15, 0.2) is 18.2 Å². The minimum absolute atomic E-state index is 0.110. The summed E-state index contributed by atoms with van der Waals surface area (Å²) in [6, 6.07) is 4.71. The smallest absolute Gasteiger partial charge is 0.241 e. The first-order valence-corrected chi connectivity index (χ1v) is 9.00. The van der Waals surface area contributed by atoms with Crippen molar-refractivity contribution in [3.8, 4) is 0 Å². The quantitative estimate of drug-likeness (QED) is 0.887. The van der Waals surface area contributed by atoms with Gasteiger partial charge >= 0.3 is 0 Å². The molecule has 1 aromatic carbocycles. The van der Waals surface area contributed by atoms with Gasteiger partial charge in [0.2, 0.25) is 11.8 Å². The lowest BCUT2D eigenvalue weighted by atomic mass is 10.2. The predicted molar refractivity (Wildman–Crippen MR) is 95.4 cm³/mol. The Hall–Kier alpha value is -1.30. The fourth-order valence-corrected chi connectivity index (χ4v) is 3.37. The number of anilines is 1. The lowest BCUT2D eigenvalue weighted by Crippen LogP contribution is -2.54. The average Bonchev–Trinajstić information content (AvgIpc) is 3.41. The molecule has 1 aliphatic heterocycles. The molecule has 2 amide bonds. The summed E-state index contributed by atoms with van der Waals surface area (Å²) in [7, 11) is 0. The molecule has 3 rings (SSSR count). The van der Waals surface area contributed by atoms with Gasteiger partial charge in [0.15, 0.2) is 0 Å². The number of nitrogens with zero attached hydrogens (tertiary/aromatic N) is 2. The Morgan fingerprint density at radius 3 is 2.42 bits per heavy atom. The summed E-state index contributed by atoms with van der Waals surface area (Å²) in [4.78, 5) is 28.6.